The molecule has 0 unspecified atom stereocenters. The molecule has 0 saturated carbocycles. The molecule has 0 amide bonds. The number of anilines is 1. The van der Waals surface area contributed by atoms with Crippen molar-refractivity contribution in [2.24, 2.45) is 0 Å². The van der Waals surface area contributed by atoms with Crippen LogP contribution < -0.4 is 5.73 Å². The number of imidazole rings is 1. The van der Waals surface area contributed by atoms with Crippen LogP contribution in [0.3, 0.4) is 0 Å². The number of nitrogen functional groups attached to an aromatic ring is 1. The fourth-order valence-corrected chi connectivity index (χ4v) is 2.44. The summed E-state index contributed by atoms with van der Waals surface area (Å²) in [6, 6.07) is -0.610. The zero-order valence-corrected chi connectivity index (χ0v) is 9.86. The van der Waals surface area contributed by atoms with Crippen LogP contribution in [0.25, 0.3) is 11.2 Å². The smallest absolute Gasteiger partial charge is 0.166 e. The van der Waals surface area contributed by atoms with E-state index in [4.69, 9.17) is 17.3 Å². The van der Waals surface area contributed by atoms with Crippen molar-refractivity contribution in [1.29, 1.82) is 0 Å². The Hall–Kier alpha value is -1.70. The van der Waals surface area contributed by atoms with Crippen LogP contribution in [-0.2, 0) is 0 Å². The van der Waals surface area contributed by atoms with E-state index in [2.05, 4.69) is 15.0 Å². The van der Waals surface area contributed by atoms with E-state index >= 15 is 0 Å². The van der Waals surface area contributed by atoms with Crippen molar-refractivity contribution in [3.8, 4) is 0 Å². The summed E-state index contributed by atoms with van der Waals surface area (Å²) in [5, 5.41) is 19.8. The highest BCUT2D eigenvalue weighted by atomic mass is 35.5. The third kappa shape index (κ3) is 1.48. The normalized spacial score (nSPS) is 27.7. The zero-order chi connectivity index (χ0) is 12.9. The van der Waals surface area contributed by atoms with Crippen LogP contribution in [0.5, 0.6) is 0 Å². The van der Waals surface area contributed by atoms with Gasteiger partial charge in [0, 0.05) is 5.03 Å². The van der Waals surface area contributed by atoms with Crippen molar-refractivity contribution in [2.75, 3.05) is 5.73 Å². The van der Waals surface area contributed by atoms with Crippen molar-refractivity contribution >= 4 is 28.6 Å². The molecule has 8 heteroatoms. The molecule has 0 aromatic carbocycles. The van der Waals surface area contributed by atoms with Crippen LogP contribution in [-0.4, -0.2) is 41.9 Å². The van der Waals surface area contributed by atoms with E-state index in [-0.39, 0.29) is 5.82 Å². The molecule has 0 radical (unpaired) electrons. The van der Waals surface area contributed by atoms with Gasteiger partial charge < -0.3 is 20.5 Å². The largest absolute Gasteiger partial charge is 0.388 e. The highest BCUT2D eigenvalue weighted by molar-refractivity contribution is 6.30. The maximum absolute atomic E-state index is 9.92. The first kappa shape index (κ1) is 11.4. The van der Waals surface area contributed by atoms with Gasteiger partial charge in [-0.1, -0.05) is 11.6 Å². The molecule has 0 aliphatic heterocycles. The fourth-order valence-electron chi connectivity index (χ4n) is 2.08. The van der Waals surface area contributed by atoms with Gasteiger partial charge in [0.25, 0.3) is 0 Å². The third-order valence-corrected chi connectivity index (χ3v) is 3.32. The molecular weight excluding hydrogens is 258 g/mol. The minimum absolute atomic E-state index is 0.256. The lowest BCUT2D eigenvalue weighted by atomic mass is 10.2. The lowest BCUT2D eigenvalue weighted by molar-refractivity contribution is 0.0370. The zero-order valence-electron chi connectivity index (χ0n) is 9.10. The van der Waals surface area contributed by atoms with Crippen molar-refractivity contribution in [3.05, 3.63) is 23.8 Å². The average Bonchev–Trinajstić information content (AvgIpc) is 2.84. The minimum atomic E-state index is -1.04. The van der Waals surface area contributed by atoms with Gasteiger partial charge in [-0.3, -0.25) is 0 Å². The molecule has 7 nitrogen and oxygen atoms in total. The highest BCUT2D eigenvalue weighted by Gasteiger charge is 2.36. The predicted molar refractivity (Wildman–Crippen MR) is 64.7 cm³/mol. The number of aliphatic hydroxyl groups excluding tert-OH is 2. The summed E-state index contributed by atoms with van der Waals surface area (Å²) < 4.78 is 1.58. The summed E-state index contributed by atoms with van der Waals surface area (Å²) in [6.07, 6.45) is 2.14. The number of nitrogens with two attached hydrogens (primary N) is 1. The summed E-state index contributed by atoms with van der Waals surface area (Å²) >= 11 is 6.02. The fraction of sp³-hybridized carbons (Fsp3) is 0.300. The van der Waals surface area contributed by atoms with Gasteiger partial charge in [0.05, 0.1) is 6.33 Å². The second-order valence-electron chi connectivity index (χ2n) is 4.06. The molecule has 0 bridgehead atoms. The summed E-state index contributed by atoms with van der Waals surface area (Å²) in [4.78, 5) is 12.0. The molecule has 0 fully saturated rings. The van der Waals surface area contributed by atoms with Gasteiger partial charge in [0.15, 0.2) is 11.5 Å². The maximum Gasteiger partial charge on any atom is 0.166 e. The Balaban J connectivity index is 2.16. The van der Waals surface area contributed by atoms with Gasteiger partial charge in [-0.05, 0) is 6.08 Å². The van der Waals surface area contributed by atoms with E-state index in [0.717, 1.165) is 0 Å². The molecule has 1 aliphatic rings. The number of hydrogen-bond donors (Lipinski definition) is 3. The second-order valence-corrected chi connectivity index (χ2v) is 4.50. The Morgan fingerprint density at radius 2 is 2.06 bits per heavy atom. The first-order valence-electron chi connectivity index (χ1n) is 5.26. The Morgan fingerprint density at radius 1 is 1.28 bits per heavy atom. The van der Waals surface area contributed by atoms with Crippen LogP contribution in [0.1, 0.15) is 6.04 Å². The molecular formula is C10H10ClN5O2. The number of aromatic nitrogens is 4. The molecule has 4 N–H and O–H groups in total. The van der Waals surface area contributed by atoms with Crippen LogP contribution in [0, 0.1) is 0 Å². The molecule has 2 aromatic rings. The van der Waals surface area contributed by atoms with Crippen molar-refractivity contribution in [1.82, 2.24) is 19.5 Å². The number of fused-ring (bicyclic) bond motifs is 1. The molecule has 3 rings (SSSR count). The summed E-state index contributed by atoms with van der Waals surface area (Å²) in [5.74, 6) is 0.256. The molecule has 94 valence electrons. The Kier molecular flexibility index (Phi) is 2.47. The van der Waals surface area contributed by atoms with E-state index in [1.807, 2.05) is 0 Å². The Labute approximate surface area is 107 Å². The average molecular weight is 268 g/mol. The molecule has 18 heavy (non-hydrogen) atoms. The van der Waals surface area contributed by atoms with Gasteiger partial charge in [0.2, 0.25) is 0 Å². The van der Waals surface area contributed by atoms with E-state index < -0.39 is 18.2 Å². The van der Waals surface area contributed by atoms with Crippen molar-refractivity contribution < 1.29 is 10.2 Å². The maximum atomic E-state index is 9.92. The first-order chi connectivity index (χ1) is 8.59. The summed E-state index contributed by atoms with van der Waals surface area (Å²) in [6.45, 7) is 0. The van der Waals surface area contributed by atoms with Gasteiger partial charge in [-0.15, -0.1) is 0 Å². The summed E-state index contributed by atoms with van der Waals surface area (Å²) in [7, 11) is 0. The third-order valence-electron chi connectivity index (χ3n) is 2.97. The SMILES string of the molecule is Nc1ncnc2c1ncn2[C@@H]1C(Cl)=C[C@@H](O)[C@H]1O. The summed E-state index contributed by atoms with van der Waals surface area (Å²) in [5.41, 5.74) is 6.58. The molecule has 1 aliphatic carbocycles. The quantitative estimate of drug-likeness (QED) is 0.660. The lowest BCUT2D eigenvalue weighted by Crippen LogP contribution is -2.28. The van der Waals surface area contributed by atoms with Crippen LogP contribution >= 0.6 is 11.6 Å². The Bertz CT molecular complexity index is 640. The van der Waals surface area contributed by atoms with Crippen molar-refractivity contribution in [3.63, 3.8) is 0 Å². The van der Waals surface area contributed by atoms with E-state index in [1.165, 1.54) is 18.7 Å². The minimum Gasteiger partial charge on any atom is -0.388 e. The van der Waals surface area contributed by atoms with E-state index in [0.29, 0.717) is 16.2 Å². The number of aliphatic hydroxyl groups is 2. The van der Waals surface area contributed by atoms with Crippen LogP contribution in [0.2, 0.25) is 0 Å². The topological polar surface area (TPSA) is 110 Å². The van der Waals surface area contributed by atoms with Gasteiger partial charge in [-0.25, -0.2) is 15.0 Å². The lowest BCUT2D eigenvalue weighted by Gasteiger charge is -2.19. The first-order valence-corrected chi connectivity index (χ1v) is 5.63. The second kappa shape index (κ2) is 3.91. The van der Waals surface area contributed by atoms with Crippen molar-refractivity contribution in [2.45, 2.75) is 18.2 Å². The standard InChI is InChI=1S/C10H10ClN5O2/c11-4-1-5(17)8(18)7(4)16-3-15-6-9(12)13-2-14-10(6)16/h1-3,5,7-8,17-18H,(H2,12,13,14)/t5-,7-,8-/m1/s1. The highest BCUT2D eigenvalue weighted by Crippen LogP contribution is 2.35. The molecule has 3 atom stereocenters. The van der Waals surface area contributed by atoms with Crippen LogP contribution in [0.4, 0.5) is 5.82 Å². The number of rotatable bonds is 1. The molecule has 0 saturated heterocycles. The van der Waals surface area contributed by atoms with E-state index in [1.54, 1.807) is 4.57 Å². The molecule has 2 heterocycles. The molecule has 0 spiro atoms. The number of halogens is 1. The van der Waals surface area contributed by atoms with E-state index in [9.17, 15) is 10.2 Å². The van der Waals surface area contributed by atoms with Gasteiger partial charge >= 0.3 is 0 Å². The monoisotopic (exact) mass is 267 g/mol. The predicted octanol–water partition coefficient (Wildman–Crippen LogP) is -0.192. The number of nitrogens with zero attached hydrogens (tertiary/aromatic N) is 4. The van der Waals surface area contributed by atoms with Crippen LogP contribution in [0.15, 0.2) is 23.8 Å². The van der Waals surface area contributed by atoms with Gasteiger partial charge in [0.1, 0.15) is 30.1 Å². The molecule has 2 aromatic heterocycles. The number of hydrogen-bond acceptors (Lipinski definition) is 6. The Morgan fingerprint density at radius 3 is 2.72 bits per heavy atom. The van der Waals surface area contributed by atoms with Gasteiger partial charge in [-0.2, -0.15) is 0 Å².